The Labute approximate surface area is 231 Å². The van der Waals surface area contributed by atoms with Gasteiger partial charge in [-0.3, -0.25) is 0 Å². The van der Waals surface area contributed by atoms with Crippen molar-refractivity contribution in [3.05, 3.63) is 70.6 Å². The molecule has 3 rings (SSSR count). The van der Waals surface area contributed by atoms with Crippen molar-refractivity contribution in [2.45, 2.75) is 87.1 Å². The van der Waals surface area contributed by atoms with Gasteiger partial charge in [0.1, 0.15) is 21.9 Å². The highest BCUT2D eigenvalue weighted by atomic mass is 32.2. The molecule has 0 saturated heterocycles. The highest BCUT2D eigenvalue weighted by Gasteiger charge is 2.49. The van der Waals surface area contributed by atoms with Crippen LogP contribution in [0.5, 0.6) is 5.75 Å². The second-order valence-electron chi connectivity index (χ2n) is 9.50. The van der Waals surface area contributed by atoms with E-state index in [1.54, 1.807) is 22.5 Å². The van der Waals surface area contributed by atoms with Crippen LogP contribution in [0.4, 0.5) is 13.2 Å². The zero-order valence-electron chi connectivity index (χ0n) is 25.0. The largest absolute Gasteiger partial charge is 0.534 e. The van der Waals surface area contributed by atoms with Crippen molar-refractivity contribution in [3.63, 3.8) is 0 Å². The molecule has 1 heterocycles. The number of halogens is 3. The molecule has 0 spiro atoms. The summed E-state index contributed by atoms with van der Waals surface area (Å²) in [4.78, 5) is 0. The van der Waals surface area contributed by atoms with E-state index in [0.717, 1.165) is 5.20 Å². The molecule has 2 aromatic rings. The van der Waals surface area contributed by atoms with Gasteiger partial charge in [-0.25, -0.2) is 0 Å². The van der Waals surface area contributed by atoms with Crippen LogP contribution < -0.4 is 14.6 Å². The second-order valence-corrected chi connectivity index (χ2v) is 20.2. The van der Waals surface area contributed by atoms with Gasteiger partial charge in [-0.1, -0.05) is 113 Å². The van der Waals surface area contributed by atoms with E-state index < -0.39 is 31.8 Å². The van der Waals surface area contributed by atoms with E-state index in [4.69, 9.17) is 0 Å². The van der Waals surface area contributed by atoms with Crippen molar-refractivity contribution < 1.29 is 25.8 Å². The minimum atomic E-state index is -5.66. The number of allylic oxidation sites excluding steroid dienone is 4. The second kappa shape index (κ2) is 14.3. The Balaban J connectivity index is 0.000000685. The minimum Gasteiger partial charge on any atom is -0.376 e. The Kier molecular flexibility index (Phi) is 13.5. The van der Waals surface area contributed by atoms with Crippen LogP contribution >= 0.6 is 0 Å². The first-order valence-electron chi connectivity index (χ1n) is 13.0. The number of para-hydroxylation sites is 1. The van der Waals surface area contributed by atoms with Crippen molar-refractivity contribution in [1.29, 1.82) is 0 Å². The maximum absolute atomic E-state index is 12.5. The van der Waals surface area contributed by atoms with Crippen LogP contribution in [0.25, 0.3) is 5.57 Å². The van der Waals surface area contributed by atoms with Crippen LogP contribution in [0.15, 0.2) is 65.0 Å². The Morgan fingerprint density at radius 2 is 1.39 bits per heavy atom. The molecule has 0 atom stereocenters. The maximum atomic E-state index is 12.5. The molecule has 38 heavy (non-hydrogen) atoms. The van der Waals surface area contributed by atoms with Crippen molar-refractivity contribution in [1.82, 2.24) is 0 Å². The Morgan fingerprint density at radius 3 is 1.87 bits per heavy atom. The molecule has 1 aliphatic rings. The monoisotopic (exact) mass is 586 g/mol. The van der Waals surface area contributed by atoms with E-state index >= 15 is 0 Å². The first kappa shape index (κ1) is 35.9. The molecule has 1 aliphatic heterocycles. The van der Waals surface area contributed by atoms with Crippen molar-refractivity contribution >= 4 is 42.2 Å². The molecule has 0 amide bonds. The Hall–Kier alpha value is -2.11. The average Bonchev–Trinajstić information content (AvgIpc) is 3.06. The predicted molar refractivity (Wildman–Crippen MR) is 163 cm³/mol. The Morgan fingerprint density at radius 1 is 0.921 bits per heavy atom. The van der Waals surface area contributed by atoms with Crippen molar-refractivity contribution in [3.8, 4) is 5.75 Å². The fourth-order valence-corrected chi connectivity index (χ4v) is 9.92. The molecular weight excluding hydrogens is 542 g/mol. The highest BCUT2D eigenvalue weighted by molar-refractivity contribution is 7.88. The topological polar surface area (TPSA) is 43.4 Å². The van der Waals surface area contributed by atoms with E-state index in [0.29, 0.717) is 5.19 Å². The molecule has 0 N–H and O–H groups in total. The quantitative estimate of drug-likeness (QED) is 0.205. The molecule has 3 nitrogen and oxygen atoms in total. The van der Waals surface area contributed by atoms with Crippen LogP contribution in [0.1, 0.15) is 61.0 Å². The molecule has 2 aromatic carbocycles. The summed E-state index contributed by atoms with van der Waals surface area (Å²) in [6.45, 7) is 25.0. The Bertz CT molecular complexity index is 1230. The summed E-state index contributed by atoms with van der Waals surface area (Å²) in [5, 5.41) is 4.79. The average molecular weight is 587 g/mol. The maximum Gasteiger partial charge on any atom is 0.534 e. The van der Waals surface area contributed by atoms with E-state index in [1.807, 2.05) is 60.7 Å². The van der Waals surface area contributed by atoms with Crippen LogP contribution in [0.2, 0.25) is 26.2 Å². The zero-order chi connectivity index (χ0) is 30.1. The van der Waals surface area contributed by atoms with E-state index in [2.05, 4.69) is 55.4 Å². The summed E-state index contributed by atoms with van der Waals surface area (Å²) in [5.41, 5.74) is -2.43. The lowest BCUT2D eigenvalue weighted by molar-refractivity contribution is -0.0499. The predicted octanol–water partition coefficient (Wildman–Crippen LogP) is 8.34. The van der Waals surface area contributed by atoms with E-state index in [1.165, 1.54) is 23.3 Å². The lowest BCUT2D eigenvalue weighted by Gasteiger charge is -2.26. The molecule has 0 bridgehead atoms. The molecular formula is C29H45F3O3SSi2. The van der Waals surface area contributed by atoms with E-state index in [-0.39, 0.29) is 5.75 Å². The summed E-state index contributed by atoms with van der Waals surface area (Å²) in [6, 6.07) is 14.8. The third-order valence-corrected chi connectivity index (χ3v) is 16.0. The molecule has 0 aliphatic carbocycles. The van der Waals surface area contributed by atoms with Gasteiger partial charge in [-0.05, 0) is 55.3 Å². The fraction of sp³-hybridized carbons (Fsp3) is 0.448. The summed E-state index contributed by atoms with van der Waals surface area (Å²) in [6.07, 6.45) is 1.88. The fourth-order valence-electron chi connectivity index (χ4n) is 4.02. The van der Waals surface area contributed by atoms with E-state index in [9.17, 15) is 21.6 Å². The number of alkyl halides is 3. The SMILES string of the molecule is C/C=C(\C)[Si](C)(C)c1ccccc1OS(=O)(=O)C(F)(F)F.CC.CC.CC1=C(C)[Si](C)(C)c2ccccc21. The van der Waals surface area contributed by atoms with Gasteiger partial charge in [0.2, 0.25) is 0 Å². The third kappa shape index (κ3) is 7.96. The molecule has 0 radical (unpaired) electrons. The molecule has 0 unspecified atom stereocenters. The van der Waals surface area contributed by atoms with Gasteiger partial charge in [0.15, 0.2) is 0 Å². The number of fused-ring (bicyclic) bond motifs is 1. The normalized spacial score (nSPS) is 14.7. The smallest absolute Gasteiger partial charge is 0.376 e. The van der Waals surface area contributed by atoms with Crippen molar-refractivity contribution in [2.75, 3.05) is 0 Å². The van der Waals surface area contributed by atoms with Gasteiger partial charge in [0.05, 0.1) is 0 Å². The highest BCUT2D eigenvalue weighted by Crippen LogP contribution is 2.32. The molecule has 0 saturated carbocycles. The van der Waals surface area contributed by atoms with Crippen LogP contribution in [-0.4, -0.2) is 30.1 Å². The third-order valence-electron chi connectivity index (χ3n) is 6.97. The zero-order valence-corrected chi connectivity index (χ0v) is 27.8. The minimum absolute atomic E-state index is 0.257. The lowest BCUT2D eigenvalue weighted by Crippen LogP contribution is -2.44. The number of hydrogen-bond acceptors (Lipinski definition) is 3. The van der Waals surface area contributed by atoms with Crippen molar-refractivity contribution in [2.24, 2.45) is 0 Å². The molecule has 0 aromatic heterocycles. The van der Waals surface area contributed by atoms with Crippen LogP contribution in [0, 0.1) is 0 Å². The van der Waals surface area contributed by atoms with Gasteiger partial charge < -0.3 is 4.18 Å². The summed E-state index contributed by atoms with van der Waals surface area (Å²) < 4.78 is 64.1. The number of rotatable bonds is 4. The summed E-state index contributed by atoms with van der Waals surface area (Å²) >= 11 is 0. The first-order chi connectivity index (χ1) is 17.5. The van der Waals surface area contributed by atoms with Crippen LogP contribution in [0.3, 0.4) is 0 Å². The lowest BCUT2D eigenvalue weighted by atomic mass is 10.1. The first-order valence-corrected chi connectivity index (χ1v) is 20.4. The van der Waals surface area contributed by atoms with Gasteiger partial charge in [-0.2, -0.15) is 21.6 Å². The molecule has 214 valence electrons. The standard InChI is InChI=1S/C13H17F3O3SSi.C12H16Si.2C2H6/c1-5-10(2)21(3,4)12-9-7-6-8-11(12)19-20(17,18)13(14,15)16;1-9-10(2)13(3,4)12-8-6-5-7-11(9)12;2*1-2/h5-9H,1-4H3;5-8H,1-4H3;2*1-2H3/b10-5+;;;. The van der Waals surface area contributed by atoms with Crippen LogP contribution in [-0.2, 0) is 10.1 Å². The van der Waals surface area contributed by atoms with Gasteiger partial charge >= 0.3 is 15.6 Å². The van der Waals surface area contributed by atoms with Gasteiger partial charge in [0.25, 0.3) is 0 Å². The number of benzene rings is 2. The number of hydrogen-bond donors (Lipinski definition) is 0. The summed E-state index contributed by atoms with van der Waals surface area (Å²) in [5.74, 6) is -0.257. The van der Waals surface area contributed by atoms with Gasteiger partial charge in [0, 0.05) is 0 Å². The van der Waals surface area contributed by atoms with Gasteiger partial charge in [-0.15, -0.1) is 0 Å². The summed E-state index contributed by atoms with van der Waals surface area (Å²) in [7, 11) is -9.19. The molecule has 0 fully saturated rings. The molecule has 9 heteroatoms.